The maximum Gasteiger partial charge on any atom is 0.119 e. The van der Waals surface area contributed by atoms with Gasteiger partial charge >= 0.3 is 0 Å². The summed E-state index contributed by atoms with van der Waals surface area (Å²) in [5.41, 5.74) is 2.43. The van der Waals surface area contributed by atoms with E-state index in [4.69, 9.17) is 0 Å². The van der Waals surface area contributed by atoms with Gasteiger partial charge in [0.05, 0.1) is 0 Å². The Balaban J connectivity index is 2.90. The Morgan fingerprint density at radius 3 is 2.18 bits per heavy atom. The van der Waals surface area contributed by atoms with Gasteiger partial charge in [-0.2, -0.15) is 0 Å². The highest BCUT2D eigenvalue weighted by Crippen LogP contribution is 2.31. The molecular weight excluding hydrogens is 224 g/mol. The molecule has 0 aromatic heterocycles. The molecule has 0 saturated heterocycles. The Kier molecular flexibility index (Phi) is 4.08. The van der Waals surface area contributed by atoms with E-state index in [1.54, 1.807) is 0 Å². The highest BCUT2D eigenvalue weighted by molar-refractivity contribution is 6.76. The number of hydrogen-bond acceptors (Lipinski definition) is 1. The molecule has 0 heterocycles. The summed E-state index contributed by atoms with van der Waals surface area (Å²) in [6.07, 6.45) is 1.14. The number of aryl methyl sites for hydroxylation is 1. The molecule has 1 nitrogen and oxygen atoms in total. The monoisotopic (exact) mass is 250 g/mol. The molecular formula is C15H26OSi. The minimum Gasteiger partial charge on any atom is -0.508 e. The molecule has 1 N–H and O–H groups in total. The first kappa shape index (κ1) is 14.3. The van der Waals surface area contributed by atoms with E-state index in [0.29, 0.717) is 5.75 Å². The maximum absolute atomic E-state index is 9.91. The van der Waals surface area contributed by atoms with Gasteiger partial charge in [-0.25, -0.2) is 0 Å². The molecule has 0 saturated carbocycles. The van der Waals surface area contributed by atoms with Crippen LogP contribution in [0.2, 0.25) is 25.7 Å². The van der Waals surface area contributed by atoms with Crippen molar-refractivity contribution in [3.05, 3.63) is 29.3 Å². The predicted octanol–water partition coefficient (Wildman–Crippen LogP) is 4.57. The van der Waals surface area contributed by atoms with Crippen molar-refractivity contribution in [1.29, 1.82) is 0 Å². The summed E-state index contributed by atoms with van der Waals surface area (Å²) >= 11 is 0. The van der Waals surface area contributed by atoms with Crippen LogP contribution in [0, 0.1) is 0 Å². The zero-order valence-electron chi connectivity index (χ0n) is 12.1. The van der Waals surface area contributed by atoms with E-state index in [0.717, 1.165) is 12.0 Å². The number of hydrogen-bond donors (Lipinski definition) is 1. The summed E-state index contributed by atoms with van der Waals surface area (Å²) in [5, 5.41) is 9.91. The fourth-order valence-corrected chi connectivity index (χ4v) is 2.90. The van der Waals surface area contributed by atoms with Gasteiger partial charge < -0.3 is 5.11 Å². The van der Waals surface area contributed by atoms with Gasteiger partial charge in [-0.1, -0.05) is 58.6 Å². The predicted molar refractivity (Wildman–Crippen MR) is 78.7 cm³/mol. The number of phenolic OH excluding ortho intramolecular Hbond substituents is 1. The Hall–Kier alpha value is -0.763. The summed E-state index contributed by atoms with van der Waals surface area (Å²) in [7, 11) is -0.979. The highest BCUT2D eigenvalue weighted by atomic mass is 28.3. The lowest BCUT2D eigenvalue weighted by Gasteiger charge is -2.22. The van der Waals surface area contributed by atoms with E-state index >= 15 is 0 Å². The first-order valence-corrected chi connectivity index (χ1v) is 10.1. The number of aromatic hydroxyl groups is 1. The van der Waals surface area contributed by atoms with Crippen molar-refractivity contribution in [3.8, 4) is 5.75 Å². The molecule has 0 amide bonds. The van der Waals surface area contributed by atoms with Gasteiger partial charge in [0.15, 0.2) is 0 Å². The topological polar surface area (TPSA) is 20.2 Å². The molecule has 0 radical (unpaired) electrons. The molecule has 1 rings (SSSR count). The molecule has 2 heteroatoms. The lowest BCUT2D eigenvalue weighted by atomic mass is 9.85. The first-order chi connectivity index (χ1) is 7.59. The van der Waals surface area contributed by atoms with Crippen LogP contribution in [-0.4, -0.2) is 13.2 Å². The molecule has 0 unspecified atom stereocenters. The van der Waals surface area contributed by atoms with E-state index in [1.807, 2.05) is 6.07 Å². The van der Waals surface area contributed by atoms with Gasteiger partial charge in [-0.15, -0.1) is 0 Å². The van der Waals surface area contributed by atoms with Crippen LogP contribution in [0.25, 0.3) is 0 Å². The molecule has 1 aromatic rings. The summed E-state index contributed by atoms with van der Waals surface area (Å²) in [5.74, 6) is 0.425. The lowest BCUT2D eigenvalue weighted by molar-refractivity contribution is 0.446. The Morgan fingerprint density at radius 2 is 1.71 bits per heavy atom. The van der Waals surface area contributed by atoms with E-state index in [9.17, 15) is 5.11 Å². The minimum absolute atomic E-state index is 0.0131. The molecule has 17 heavy (non-hydrogen) atoms. The van der Waals surface area contributed by atoms with Crippen molar-refractivity contribution in [2.24, 2.45) is 0 Å². The summed E-state index contributed by atoms with van der Waals surface area (Å²) in [6.45, 7) is 13.6. The average Bonchev–Trinajstić information content (AvgIpc) is 2.13. The van der Waals surface area contributed by atoms with Crippen molar-refractivity contribution in [2.45, 2.75) is 58.3 Å². The fraction of sp³-hybridized carbons (Fsp3) is 0.600. The van der Waals surface area contributed by atoms with Crippen molar-refractivity contribution in [2.75, 3.05) is 0 Å². The Labute approximate surface area is 107 Å². The third kappa shape index (κ3) is 4.54. The maximum atomic E-state index is 9.91. The van der Waals surface area contributed by atoms with E-state index < -0.39 is 8.07 Å². The molecule has 0 aliphatic heterocycles. The molecule has 0 bridgehead atoms. The van der Waals surface area contributed by atoms with E-state index in [-0.39, 0.29) is 5.41 Å². The third-order valence-electron chi connectivity index (χ3n) is 3.03. The second-order valence-electron chi connectivity index (χ2n) is 7.16. The smallest absolute Gasteiger partial charge is 0.119 e. The third-order valence-corrected chi connectivity index (χ3v) is 4.78. The van der Waals surface area contributed by atoms with Crippen LogP contribution in [0.4, 0.5) is 0 Å². The van der Waals surface area contributed by atoms with Crippen molar-refractivity contribution in [1.82, 2.24) is 0 Å². The van der Waals surface area contributed by atoms with Crippen molar-refractivity contribution in [3.63, 3.8) is 0 Å². The molecule has 96 valence electrons. The van der Waals surface area contributed by atoms with Crippen LogP contribution in [0.15, 0.2) is 18.2 Å². The van der Waals surface area contributed by atoms with Crippen LogP contribution in [0.5, 0.6) is 5.75 Å². The molecule has 0 spiro atoms. The number of benzene rings is 1. The molecule has 0 atom stereocenters. The van der Waals surface area contributed by atoms with Gasteiger partial charge in [-0.05, 0) is 29.0 Å². The molecule has 0 fully saturated rings. The van der Waals surface area contributed by atoms with Crippen LogP contribution in [-0.2, 0) is 11.8 Å². The molecule has 0 aliphatic carbocycles. The zero-order chi connectivity index (χ0) is 13.3. The SMILES string of the molecule is CC(C)(C)c1cc(CC[Si](C)(C)C)ccc1O. The quantitative estimate of drug-likeness (QED) is 0.779. The Morgan fingerprint density at radius 1 is 1.12 bits per heavy atom. The van der Waals surface area contributed by atoms with Crippen LogP contribution >= 0.6 is 0 Å². The van der Waals surface area contributed by atoms with Gasteiger partial charge in [0.1, 0.15) is 5.75 Å². The largest absolute Gasteiger partial charge is 0.508 e. The van der Waals surface area contributed by atoms with Crippen LogP contribution in [0.3, 0.4) is 0 Å². The van der Waals surface area contributed by atoms with Crippen molar-refractivity contribution < 1.29 is 5.11 Å². The second-order valence-corrected chi connectivity index (χ2v) is 12.8. The zero-order valence-corrected chi connectivity index (χ0v) is 13.1. The minimum atomic E-state index is -0.979. The van der Waals surface area contributed by atoms with Crippen LogP contribution < -0.4 is 0 Å². The van der Waals surface area contributed by atoms with Crippen molar-refractivity contribution >= 4 is 8.07 Å². The van der Waals surface area contributed by atoms with Gasteiger partial charge in [0, 0.05) is 8.07 Å². The summed E-state index contributed by atoms with van der Waals surface area (Å²) in [6, 6.07) is 7.39. The summed E-state index contributed by atoms with van der Waals surface area (Å²) in [4.78, 5) is 0. The highest BCUT2D eigenvalue weighted by Gasteiger charge is 2.19. The lowest BCUT2D eigenvalue weighted by Crippen LogP contribution is -2.20. The first-order valence-electron chi connectivity index (χ1n) is 6.42. The second kappa shape index (κ2) is 4.85. The summed E-state index contributed by atoms with van der Waals surface area (Å²) < 4.78 is 0. The van der Waals surface area contributed by atoms with Gasteiger partial charge in [0.25, 0.3) is 0 Å². The average molecular weight is 250 g/mol. The van der Waals surface area contributed by atoms with E-state index in [1.165, 1.54) is 11.6 Å². The molecule has 1 aromatic carbocycles. The van der Waals surface area contributed by atoms with Crippen LogP contribution in [0.1, 0.15) is 31.9 Å². The number of phenols is 1. The number of rotatable bonds is 3. The van der Waals surface area contributed by atoms with Gasteiger partial charge in [0.2, 0.25) is 0 Å². The fourth-order valence-electron chi connectivity index (χ4n) is 1.86. The van der Waals surface area contributed by atoms with E-state index in [2.05, 4.69) is 52.5 Å². The normalized spacial score (nSPS) is 12.8. The van der Waals surface area contributed by atoms with Gasteiger partial charge in [-0.3, -0.25) is 0 Å². The molecule has 0 aliphatic rings. The Bertz CT molecular complexity index is 383. The standard InChI is InChI=1S/C15H26OSi/c1-15(2,3)13-11-12(7-8-14(13)16)9-10-17(4,5)6/h7-8,11,16H,9-10H2,1-6H3.